The molecule has 0 spiro atoms. The largest absolute Gasteiger partial charge is 0.321 e. The van der Waals surface area contributed by atoms with E-state index < -0.39 is 0 Å². The normalized spacial score (nSPS) is 11.3. The van der Waals surface area contributed by atoms with Crippen molar-refractivity contribution in [3.8, 4) is 0 Å². The zero-order valence-electron chi connectivity index (χ0n) is 15.5. The van der Waals surface area contributed by atoms with Gasteiger partial charge in [-0.15, -0.1) is 11.3 Å². The van der Waals surface area contributed by atoms with Crippen LogP contribution in [-0.4, -0.2) is 20.4 Å². The molecule has 0 bridgehead atoms. The topological polar surface area (TPSA) is 76.9 Å². The molecule has 142 valence electrons. The highest BCUT2D eigenvalue weighted by atomic mass is 35.5. The summed E-state index contributed by atoms with van der Waals surface area (Å²) in [7, 11) is 0. The number of amides is 1. The second-order valence-electron chi connectivity index (χ2n) is 6.44. The molecule has 1 amide bonds. The Labute approximate surface area is 169 Å². The third kappa shape index (κ3) is 3.16. The summed E-state index contributed by atoms with van der Waals surface area (Å²) in [6, 6.07) is 8.70. The molecule has 2 aromatic heterocycles. The van der Waals surface area contributed by atoms with Crippen LogP contribution in [0.4, 0.5) is 5.69 Å². The molecule has 0 radical (unpaired) electrons. The number of nitrogens with zero attached hydrogens (tertiary/aromatic N) is 3. The van der Waals surface area contributed by atoms with Gasteiger partial charge in [0.25, 0.3) is 11.5 Å². The van der Waals surface area contributed by atoms with Gasteiger partial charge in [-0.05, 0) is 51.1 Å². The SMILES string of the molecule is CCn1c(=O)c(C)nc2cc(C(=O)Nc3cc4sc(C)nc4cc3Cl)ccc21. The molecule has 28 heavy (non-hydrogen) atoms. The van der Waals surface area contributed by atoms with Gasteiger partial charge in [-0.3, -0.25) is 9.59 Å². The van der Waals surface area contributed by atoms with Gasteiger partial charge >= 0.3 is 0 Å². The number of hydrogen-bond acceptors (Lipinski definition) is 5. The number of nitrogens with one attached hydrogen (secondary N) is 1. The van der Waals surface area contributed by atoms with Gasteiger partial charge in [-0.1, -0.05) is 11.6 Å². The number of aryl methyl sites for hydroxylation is 3. The second-order valence-corrected chi connectivity index (χ2v) is 8.08. The Hall–Kier alpha value is -2.77. The van der Waals surface area contributed by atoms with Gasteiger partial charge in [0, 0.05) is 12.1 Å². The lowest BCUT2D eigenvalue weighted by Gasteiger charge is -2.11. The van der Waals surface area contributed by atoms with E-state index in [0.29, 0.717) is 39.5 Å². The van der Waals surface area contributed by atoms with E-state index in [-0.39, 0.29) is 11.5 Å². The van der Waals surface area contributed by atoms with E-state index in [0.717, 1.165) is 15.2 Å². The number of thiazole rings is 1. The molecule has 1 N–H and O–H groups in total. The van der Waals surface area contributed by atoms with Crippen molar-refractivity contribution in [3.05, 3.63) is 62.0 Å². The highest BCUT2D eigenvalue weighted by molar-refractivity contribution is 7.18. The van der Waals surface area contributed by atoms with E-state index in [1.165, 1.54) is 0 Å². The molecule has 0 aliphatic rings. The van der Waals surface area contributed by atoms with Crippen molar-refractivity contribution in [2.75, 3.05) is 5.32 Å². The lowest BCUT2D eigenvalue weighted by Crippen LogP contribution is -2.23. The van der Waals surface area contributed by atoms with Crippen LogP contribution in [0.1, 0.15) is 28.0 Å². The fourth-order valence-electron chi connectivity index (χ4n) is 3.18. The molecule has 0 fully saturated rings. The maximum atomic E-state index is 12.8. The Morgan fingerprint density at radius 2 is 1.96 bits per heavy atom. The highest BCUT2D eigenvalue weighted by Gasteiger charge is 2.14. The molecule has 6 nitrogen and oxygen atoms in total. The van der Waals surface area contributed by atoms with Crippen molar-refractivity contribution >= 4 is 55.8 Å². The Morgan fingerprint density at radius 1 is 1.18 bits per heavy atom. The molecule has 0 aliphatic carbocycles. The molecular weight excluding hydrogens is 396 g/mol. The first kappa shape index (κ1) is 18.6. The van der Waals surface area contributed by atoms with E-state index in [9.17, 15) is 9.59 Å². The van der Waals surface area contributed by atoms with Crippen LogP contribution in [-0.2, 0) is 6.54 Å². The first-order valence-corrected chi connectivity index (χ1v) is 9.96. The Balaban J connectivity index is 1.72. The molecule has 4 aromatic rings. The standard InChI is InChI=1S/C20H17ClN4O2S/c1-4-25-17-6-5-12(7-15(17)22-10(2)20(25)27)19(26)24-14-9-18-16(8-13(14)21)23-11(3)28-18/h5-9H,4H2,1-3H3,(H,24,26). The minimum atomic E-state index is -0.293. The molecule has 0 saturated heterocycles. The van der Waals surface area contributed by atoms with Crippen molar-refractivity contribution in [2.24, 2.45) is 0 Å². The second kappa shape index (κ2) is 7.00. The van der Waals surface area contributed by atoms with E-state index in [4.69, 9.17) is 11.6 Å². The predicted molar refractivity (Wildman–Crippen MR) is 114 cm³/mol. The molecule has 0 saturated carbocycles. The number of aromatic nitrogens is 3. The summed E-state index contributed by atoms with van der Waals surface area (Å²) in [6.07, 6.45) is 0. The number of hydrogen-bond donors (Lipinski definition) is 1. The average Bonchev–Trinajstić information content (AvgIpc) is 3.01. The van der Waals surface area contributed by atoms with Crippen LogP contribution < -0.4 is 10.9 Å². The minimum Gasteiger partial charge on any atom is -0.321 e. The Morgan fingerprint density at radius 3 is 2.71 bits per heavy atom. The zero-order chi connectivity index (χ0) is 20.0. The maximum absolute atomic E-state index is 12.8. The number of carbonyl (C=O) groups excluding carboxylic acids is 1. The number of carbonyl (C=O) groups is 1. The quantitative estimate of drug-likeness (QED) is 0.535. The minimum absolute atomic E-state index is 0.118. The monoisotopic (exact) mass is 412 g/mol. The summed E-state index contributed by atoms with van der Waals surface area (Å²) in [5, 5.41) is 4.23. The highest BCUT2D eigenvalue weighted by Crippen LogP contribution is 2.31. The van der Waals surface area contributed by atoms with Crippen LogP contribution in [0.5, 0.6) is 0 Å². The van der Waals surface area contributed by atoms with Gasteiger partial charge in [-0.2, -0.15) is 0 Å². The number of rotatable bonds is 3. The summed E-state index contributed by atoms with van der Waals surface area (Å²) in [4.78, 5) is 33.8. The van der Waals surface area contributed by atoms with Crippen LogP contribution in [0, 0.1) is 13.8 Å². The van der Waals surface area contributed by atoms with Gasteiger partial charge in [0.05, 0.1) is 37.0 Å². The first-order chi connectivity index (χ1) is 13.4. The number of benzene rings is 2. The maximum Gasteiger partial charge on any atom is 0.272 e. The summed E-state index contributed by atoms with van der Waals surface area (Å²) in [5.41, 5.74) is 3.38. The van der Waals surface area contributed by atoms with Crippen molar-refractivity contribution in [1.29, 1.82) is 0 Å². The zero-order valence-corrected chi connectivity index (χ0v) is 17.1. The summed E-state index contributed by atoms with van der Waals surface area (Å²) < 4.78 is 2.61. The first-order valence-electron chi connectivity index (χ1n) is 8.76. The van der Waals surface area contributed by atoms with E-state index in [1.54, 1.807) is 47.1 Å². The molecule has 2 aromatic carbocycles. The number of fused-ring (bicyclic) bond motifs is 2. The van der Waals surface area contributed by atoms with Crippen molar-refractivity contribution in [1.82, 2.24) is 14.5 Å². The molecular formula is C20H17ClN4O2S. The van der Waals surface area contributed by atoms with Gasteiger partial charge in [0.15, 0.2) is 0 Å². The van der Waals surface area contributed by atoms with E-state index >= 15 is 0 Å². The Kier molecular flexibility index (Phi) is 4.64. The van der Waals surface area contributed by atoms with Gasteiger partial charge in [-0.25, -0.2) is 9.97 Å². The van der Waals surface area contributed by atoms with E-state index in [2.05, 4.69) is 15.3 Å². The summed E-state index contributed by atoms with van der Waals surface area (Å²) in [6.45, 7) is 6.04. The van der Waals surface area contributed by atoms with Gasteiger partial charge < -0.3 is 9.88 Å². The molecule has 0 aliphatic heterocycles. The molecule has 2 heterocycles. The lowest BCUT2D eigenvalue weighted by atomic mass is 10.1. The van der Waals surface area contributed by atoms with Crippen molar-refractivity contribution in [3.63, 3.8) is 0 Å². The predicted octanol–water partition coefficient (Wildman–Crippen LogP) is 4.55. The fraction of sp³-hybridized carbons (Fsp3) is 0.200. The third-order valence-corrected chi connectivity index (χ3v) is 5.77. The fourth-order valence-corrected chi connectivity index (χ4v) is 4.24. The molecule has 0 atom stereocenters. The molecule has 8 heteroatoms. The van der Waals surface area contributed by atoms with Crippen LogP contribution in [0.25, 0.3) is 21.3 Å². The third-order valence-electron chi connectivity index (χ3n) is 4.52. The summed E-state index contributed by atoms with van der Waals surface area (Å²) >= 11 is 7.86. The van der Waals surface area contributed by atoms with Crippen LogP contribution in [0.15, 0.2) is 35.1 Å². The van der Waals surface area contributed by atoms with Crippen LogP contribution >= 0.6 is 22.9 Å². The number of halogens is 1. The molecule has 4 rings (SSSR count). The van der Waals surface area contributed by atoms with Crippen molar-refractivity contribution in [2.45, 2.75) is 27.3 Å². The van der Waals surface area contributed by atoms with Crippen LogP contribution in [0.2, 0.25) is 5.02 Å². The van der Waals surface area contributed by atoms with E-state index in [1.807, 2.05) is 19.9 Å². The smallest absolute Gasteiger partial charge is 0.272 e. The van der Waals surface area contributed by atoms with Crippen LogP contribution in [0.3, 0.4) is 0 Å². The van der Waals surface area contributed by atoms with Crippen molar-refractivity contribution < 1.29 is 4.79 Å². The lowest BCUT2D eigenvalue weighted by molar-refractivity contribution is 0.102. The average molecular weight is 413 g/mol. The summed E-state index contributed by atoms with van der Waals surface area (Å²) in [5.74, 6) is -0.293. The number of anilines is 1. The van der Waals surface area contributed by atoms with Gasteiger partial charge in [0.1, 0.15) is 5.69 Å². The Bertz CT molecular complexity index is 1310. The molecule has 0 unspecified atom stereocenters. The van der Waals surface area contributed by atoms with Gasteiger partial charge in [0.2, 0.25) is 0 Å².